The van der Waals surface area contributed by atoms with Gasteiger partial charge in [0.05, 0.1) is 18.8 Å². The van der Waals surface area contributed by atoms with Crippen LogP contribution in [0, 0.1) is 0 Å². The molecule has 0 bridgehead atoms. The van der Waals surface area contributed by atoms with E-state index in [0.717, 1.165) is 18.5 Å². The molecule has 0 fully saturated rings. The lowest BCUT2D eigenvalue weighted by molar-refractivity contribution is 0.268. The molecule has 0 saturated heterocycles. The van der Waals surface area contributed by atoms with Crippen LogP contribution in [0.15, 0.2) is 6.20 Å². The molecule has 0 saturated carbocycles. The minimum Gasteiger partial charge on any atom is -0.394 e. The summed E-state index contributed by atoms with van der Waals surface area (Å²) in [5, 5.41) is 16.3. The largest absolute Gasteiger partial charge is 0.394 e. The molecule has 1 heterocycles. The zero-order chi connectivity index (χ0) is 8.10. The molecule has 62 valence electrons. The summed E-state index contributed by atoms with van der Waals surface area (Å²) in [5.41, 5.74) is 1.00. The number of nitrogens with zero attached hydrogens (tertiary/aromatic N) is 3. The first-order valence-electron chi connectivity index (χ1n) is 3.86. The maximum atomic E-state index is 8.57. The van der Waals surface area contributed by atoms with E-state index in [1.807, 2.05) is 6.20 Å². The van der Waals surface area contributed by atoms with Gasteiger partial charge in [-0.3, -0.25) is 0 Å². The van der Waals surface area contributed by atoms with Crippen LogP contribution in [-0.4, -0.2) is 26.7 Å². The lowest BCUT2D eigenvalue weighted by Gasteiger charge is -1.91. The fourth-order valence-corrected chi connectivity index (χ4v) is 0.921. The molecule has 1 rings (SSSR count). The van der Waals surface area contributed by atoms with E-state index in [2.05, 4.69) is 17.2 Å². The van der Waals surface area contributed by atoms with E-state index in [-0.39, 0.29) is 6.61 Å². The topological polar surface area (TPSA) is 50.9 Å². The van der Waals surface area contributed by atoms with Crippen molar-refractivity contribution in [1.82, 2.24) is 15.0 Å². The summed E-state index contributed by atoms with van der Waals surface area (Å²) in [7, 11) is 0. The van der Waals surface area contributed by atoms with Gasteiger partial charge in [-0.25, -0.2) is 4.68 Å². The smallest absolute Gasteiger partial charge is 0.0827 e. The Hall–Kier alpha value is -0.900. The fourth-order valence-electron chi connectivity index (χ4n) is 0.921. The van der Waals surface area contributed by atoms with Crippen LogP contribution in [0.25, 0.3) is 0 Å². The monoisotopic (exact) mass is 155 g/mol. The third kappa shape index (κ3) is 2.31. The highest BCUT2D eigenvalue weighted by Crippen LogP contribution is 1.96. The summed E-state index contributed by atoms with van der Waals surface area (Å²) in [4.78, 5) is 0. The van der Waals surface area contributed by atoms with E-state index >= 15 is 0 Å². The number of aryl methyl sites for hydroxylation is 1. The molecule has 0 radical (unpaired) electrons. The van der Waals surface area contributed by atoms with Crippen LogP contribution in [0.4, 0.5) is 0 Å². The Morgan fingerprint density at radius 3 is 3.09 bits per heavy atom. The molecule has 0 aliphatic carbocycles. The normalized spacial score (nSPS) is 10.4. The molecule has 1 N–H and O–H groups in total. The average molecular weight is 155 g/mol. The maximum absolute atomic E-state index is 8.57. The first-order chi connectivity index (χ1) is 5.36. The quantitative estimate of drug-likeness (QED) is 0.676. The van der Waals surface area contributed by atoms with Crippen LogP contribution in [0.2, 0.25) is 0 Å². The van der Waals surface area contributed by atoms with Gasteiger partial charge in [-0.15, -0.1) is 5.10 Å². The van der Waals surface area contributed by atoms with Gasteiger partial charge in [-0.1, -0.05) is 18.6 Å². The van der Waals surface area contributed by atoms with Crippen LogP contribution < -0.4 is 0 Å². The number of hydrogen-bond donors (Lipinski definition) is 1. The van der Waals surface area contributed by atoms with Crippen LogP contribution >= 0.6 is 0 Å². The van der Waals surface area contributed by atoms with Gasteiger partial charge in [0.15, 0.2) is 0 Å². The molecule has 0 spiro atoms. The van der Waals surface area contributed by atoms with Crippen LogP contribution in [-0.2, 0) is 13.0 Å². The maximum Gasteiger partial charge on any atom is 0.0827 e. The molecule has 0 aromatic carbocycles. The van der Waals surface area contributed by atoms with E-state index in [1.54, 1.807) is 4.68 Å². The van der Waals surface area contributed by atoms with Crippen LogP contribution in [0.5, 0.6) is 0 Å². The van der Waals surface area contributed by atoms with Crippen LogP contribution in [0.1, 0.15) is 19.0 Å². The molecular formula is C7H13N3O. The second-order valence-electron chi connectivity index (χ2n) is 2.45. The van der Waals surface area contributed by atoms with E-state index in [4.69, 9.17) is 5.11 Å². The predicted molar refractivity (Wildman–Crippen MR) is 41.1 cm³/mol. The van der Waals surface area contributed by atoms with E-state index < -0.39 is 0 Å². The molecular weight excluding hydrogens is 142 g/mol. The second kappa shape index (κ2) is 4.08. The minimum absolute atomic E-state index is 0.120. The van der Waals surface area contributed by atoms with Crippen molar-refractivity contribution in [2.75, 3.05) is 6.61 Å². The van der Waals surface area contributed by atoms with Gasteiger partial charge < -0.3 is 5.11 Å². The van der Waals surface area contributed by atoms with E-state index in [1.165, 1.54) is 0 Å². The van der Waals surface area contributed by atoms with Crippen molar-refractivity contribution < 1.29 is 5.11 Å². The third-order valence-electron chi connectivity index (χ3n) is 1.42. The number of aliphatic hydroxyl groups excluding tert-OH is 1. The number of aliphatic hydroxyl groups is 1. The Morgan fingerprint density at radius 2 is 2.45 bits per heavy atom. The van der Waals surface area contributed by atoms with Crippen molar-refractivity contribution in [3.05, 3.63) is 11.9 Å². The van der Waals surface area contributed by atoms with E-state index in [9.17, 15) is 0 Å². The molecule has 4 nitrogen and oxygen atoms in total. The summed E-state index contributed by atoms with van der Waals surface area (Å²) in [5.74, 6) is 0. The summed E-state index contributed by atoms with van der Waals surface area (Å²) < 4.78 is 1.66. The van der Waals surface area contributed by atoms with E-state index in [0.29, 0.717) is 6.54 Å². The molecule has 11 heavy (non-hydrogen) atoms. The second-order valence-corrected chi connectivity index (χ2v) is 2.45. The fraction of sp³-hybridized carbons (Fsp3) is 0.714. The minimum atomic E-state index is 0.120. The SMILES string of the molecule is CCCc1cn(CCO)nn1. The number of hydrogen-bond acceptors (Lipinski definition) is 3. The lowest BCUT2D eigenvalue weighted by atomic mass is 10.3. The predicted octanol–water partition coefficient (Wildman–Crippen LogP) is 0.223. The van der Waals surface area contributed by atoms with Gasteiger partial charge in [-0.2, -0.15) is 0 Å². The van der Waals surface area contributed by atoms with Gasteiger partial charge >= 0.3 is 0 Å². The molecule has 0 aliphatic heterocycles. The van der Waals surface area contributed by atoms with Gasteiger partial charge in [0.1, 0.15) is 0 Å². The average Bonchev–Trinajstić information content (AvgIpc) is 2.38. The molecule has 1 aromatic rings. The zero-order valence-corrected chi connectivity index (χ0v) is 6.69. The van der Waals surface area contributed by atoms with Gasteiger partial charge in [0.2, 0.25) is 0 Å². The Balaban J connectivity index is 2.51. The Morgan fingerprint density at radius 1 is 1.64 bits per heavy atom. The van der Waals surface area contributed by atoms with Gasteiger partial charge in [0, 0.05) is 6.20 Å². The Labute approximate surface area is 65.8 Å². The van der Waals surface area contributed by atoms with Crippen molar-refractivity contribution in [1.29, 1.82) is 0 Å². The number of aromatic nitrogens is 3. The molecule has 0 unspecified atom stereocenters. The highest BCUT2D eigenvalue weighted by molar-refractivity contribution is 4.91. The standard InChI is InChI=1S/C7H13N3O/c1-2-3-7-6-10(4-5-11)9-8-7/h6,11H,2-5H2,1H3. The van der Waals surface area contributed by atoms with Gasteiger partial charge in [-0.05, 0) is 6.42 Å². The third-order valence-corrected chi connectivity index (χ3v) is 1.42. The summed E-state index contributed by atoms with van der Waals surface area (Å²) in [6.07, 6.45) is 3.92. The highest BCUT2D eigenvalue weighted by atomic mass is 16.3. The van der Waals surface area contributed by atoms with Gasteiger partial charge in [0.25, 0.3) is 0 Å². The number of rotatable bonds is 4. The zero-order valence-electron chi connectivity index (χ0n) is 6.69. The molecule has 4 heteroatoms. The molecule has 0 atom stereocenters. The Kier molecular flexibility index (Phi) is 3.04. The Bertz CT molecular complexity index is 189. The molecule has 0 aliphatic rings. The molecule has 1 aromatic heterocycles. The lowest BCUT2D eigenvalue weighted by Crippen LogP contribution is -2.02. The van der Waals surface area contributed by atoms with Crippen LogP contribution in [0.3, 0.4) is 0 Å². The first kappa shape index (κ1) is 8.20. The summed E-state index contributed by atoms with van der Waals surface area (Å²) >= 11 is 0. The van der Waals surface area contributed by atoms with Crippen molar-refractivity contribution in [3.8, 4) is 0 Å². The summed E-state index contributed by atoms with van der Waals surface area (Å²) in [6, 6.07) is 0. The van der Waals surface area contributed by atoms with Crippen molar-refractivity contribution in [3.63, 3.8) is 0 Å². The first-order valence-corrected chi connectivity index (χ1v) is 3.86. The van der Waals surface area contributed by atoms with Crippen molar-refractivity contribution in [2.24, 2.45) is 0 Å². The van der Waals surface area contributed by atoms with Crippen molar-refractivity contribution >= 4 is 0 Å². The van der Waals surface area contributed by atoms with Crippen molar-refractivity contribution in [2.45, 2.75) is 26.3 Å². The molecule has 0 amide bonds. The highest BCUT2D eigenvalue weighted by Gasteiger charge is 1.97. The summed E-state index contributed by atoms with van der Waals surface area (Å²) in [6.45, 7) is 2.76.